The molecule has 1 aromatic carbocycles. The number of benzene rings is 1. The second-order valence-electron chi connectivity index (χ2n) is 5.22. The number of aryl methyl sites for hydroxylation is 1. The minimum Gasteiger partial charge on any atom is -0.378 e. The van der Waals surface area contributed by atoms with Gasteiger partial charge in [-0.3, -0.25) is 4.79 Å². The number of aromatic nitrogens is 1. The number of thiazole rings is 1. The topological polar surface area (TPSA) is 54.5 Å². The molecule has 1 saturated heterocycles. The van der Waals surface area contributed by atoms with Gasteiger partial charge in [-0.25, -0.2) is 4.98 Å². The van der Waals surface area contributed by atoms with Crippen LogP contribution in [-0.4, -0.2) is 48.1 Å². The lowest BCUT2D eigenvalue weighted by Crippen LogP contribution is -2.46. The number of anilines is 1. The van der Waals surface area contributed by atoms with E-state index in [9.17, 15) is 4.79 Å². The van der Waals surface area contributed by atoms with Gasteiger partial charge in [0.15, 0.2) is 0 Å². The van der Waals surface area contributed by atoms with E-state index in [1.807, 2.05) is 30.9 Å². The molecule has 0 saturated carbocycles. The van der Waals surface area contributed by atoms with Crippen LogP contribution in [0, 0.1) is 6.92 Å². The highest BCUT2D eigenvalue weighted by Crippen LogP contribution is 2.25. The van der Waals surface area contributed by atoms with Gasteiger partial charge in [0.1, 0.15) is 6.04 Å². The summed E-state index contributed by atoms with van der Waals surface area (Å²) in [6.07, 6.45) is 0. The maximum Gasteiger partial charge on any atom is 0.244 e. The largest absolute Gasteiger partial charge is 0.378 e. The molecular formula is C15H19N3O2S. The first-order chi connectivity index (χ1) is 10.1. The van der Waals surface area contributed by atoms with Gasteiger partial charge in [0.25, 0.3) is 0 Å². The van der Waals surface area contributed by atoms with Crippen LogP contribution < -0.4 is 5.32 Å². The standard InChI is InChI=1S/C15H19N3O2S/c1-10(15(19)18-5-7-20-8-6-18)16-12-3-4-13-14(9-12)21-11(2)17-13/h3-4,9-10,16H,5-8H2,1-2H3. The summed E-state index contributed by atoms with van der Waals surface area (Å²) < 4.78 is 6.42. The van der Waals surface area contributed by atoms with Crippen molar-refractivity contribution >= 4 is 33.1 Å². The van der Waals surface area contributed by atoms with Crippen molar-refractivity contribution in [1.82, 2.24) is 9.88 Å². The molecule has 21 heavy (non-hydrogen) atoms. The fourth-order valence-corrected chi connectivity index (χ4v) is 3.37. The Kier molecular flexibility index (Phi) is 4.07. The predicted octanol–water partition coefficient (Wildman–Crippen LogP) is 2.26. The number of hydrogen-bond donors (Lipinski definition) is 1. The third-order valence-electron chi connectivity index (χ3n) is 3.57. The Bertz CT molecular complexity index is 649. The molecule has 3 rings (SSSR count). The number of ether oxygens (including phenoxy) is 1. The molecule has 0 spiro atoms. The summed E-state index contributed by atoms with van der Waals surface area (Å²) in [5, 5.41) is 4.34. The number of fused-ring (bicyclic) bond motifs is 1. The number of hydrogen-bond acceptors (Lipinski definition) is 5. The first-order valence-corrected chi connectivity index (χ1v) is 7.95. The normalized spacial score (nSPS) is 17.0. The fraction of sp³-hybridized carbons (Fsp3) is 0.467. The molecule has 112 valence electrons. The van der Waals surface area contributed by atoms with Gasteiger partial charge in [-0.15, -0.1) is 11.3 Å². The van der Waals surface area contributed by atoms with E-state index >= 15 is 0 Å². The van der Waals surface area contributed by atoms with E-state index in [0.717, 1.165) is 20.9 Å². The molecule has 1 aliphatic heterocycles. The molecule has 1 unspecified atom stereocenters. The van der Waals surface area contributed by atoms with Gasteiger partial charge in [0.2, 0.25) is 5.91 Å². The Morgan fingerprint density at radius 1 is 1.43 bits per heavy atom. The van der Waals surface area contributed by atoms with Gasteiger partial charge in [0, 0.05) is 18.8 Å². The smallest absolute Gasteiger partial charge is 0.244 e. The summed E-state index contributed by atoms with van der Waals surface area (Å²) in [6.45, 7) is 6.52. The minimum absolute atomic E-state index is 0.124. The zero-order valence-corrected chi connectivity index (χ0v) is 13.1. The third kappa shape index (κ3) is 3.16. The minimum atomic E-state index is -0.241. The number of carbonyl (C=O) groups is 1. The Morgan fingerprint density at radius 2 is 2.19 bits per heavy atom. The first kappa shape index (κ1) is 14.3. The number of morpholine rings is 1. The molecule has 0 bridgehead atoms. The van der Waals surface area contributed by atoms with Crippen molar-refractivity contribution in [2.45, 2.75) is 19.9 Å². The zero-order chi connectivity index (χ0) is 14.8. The van der Waals surface area contributed by atoms with Crippen molar-refractivity contribution in [2.24, 2.45) is 0 Å². The maximum atomic E-state index is 12.4. The number of nitrogens with zero attached hydrogens (tertiary/aromatic N) is 2. The number of amides is 1. The maximum absolute atomic E-state index is 12.4. The van der Waals surface area contributed by atoms with Gasteiger partial charge >= 0.3 is 0 Å². The number of rotatable bonds is 3. The molecule has 5 nitrogen and oxygen atoms in total. The van der Waals surface area contributed by atoms with Gasteiger partial charge in [-0.2, -0.15) is 0 Å². The Balaban J connectivity index is 1.69. The second-order valence-corrected chi connectivity index (χ2v) is 6.45. The molecule has 0 radical (unpaired) electrons. The highest BCUT2D eigenvalue weighted by molar-refractivity contribution is 7.18. The zero-order valence-electron chi connectivity index (χ0n) is 12.3. The summed E-state index contributed by atoms with van der Waals surface area (Å²) in [7, 11) is 0. The van der Waals surface area contributed by atoms with Crippen LogP contribution >= 0.6 is 11.3 Å². The molecule has 1 atom stereocenters. The average molecular weight is 305 g/mol. The van der Waals surface area contributed by atoms with Crippen molar-refractivity contribution in [3.05, 3.63) is 23.2 Å². The van der Waals surface area contributed by atoms with E-state index in [1.165, 1.54) is 0 Å². The summed E-state index contributed by atoms with van der Waals surface area (Å²) in [4.78, 5) is 18.7. The average Bonchev–Trinajstić information content (AvgIpc) is 2.86. The predicted molar refractivity (Wildman–Crippen MR) is 84.8 cm³/mol. The SMILES string of the molecule is Cc1nc2ccc(NC(C)C(=O)N3CCOCC3)cc2s1. The molecule has 1 aromatic heterocycles. The van der Waals surface area contributed by atoms with Crippen LogP contribution in [-0.2, 0) is 9.53 Å². The highest BCUT2D eigenvalue weighted by Gasteiger charge is 2.22. The molecule has 2 aromatic rings. The summed E-state index contributed by atoms with van der Waals surface area (Å²) in [5.74, 6) is 0.124. The Hall–Kier alpha value is -1.66. The second kappa shape index (κ2) is 5.99. The lowest BCUT2D eigenvalue weighted by atomic mass is 10.2. The molecule has 1 amide bonds. The Morgan fingerprint density at radius 3 is 2.95 bits per heavy atom. The van der Waals surface area contributed by atoms with E-state index in [-0.39, 0.29) is 11.9 Å². The third-order valence-corrected chi connectivity index (χ3v) is 4.51. The van der Waals surface area contributed by atoms with E-state index < -0.39 is 0 Å². The molecule has 2 heterocycles. The summed E-state index contributed by atoms with van der Waals surface area (Å²) in [5.41, 5.74) is 1.97. The quantitative estimate of drug-likeness (QED) is 0.945. The highest BCUT2D eigenvalue weighted by atomic mass is 32.1. The van der Waals surface area contributed by atoms with Crippen molar-refractivity contribution in [3.8, 4) is 0 Å². The van der Waals surface area contributed by atoms with E-state index in [2.05, 4.69) is 16.4 Å². The number of carbonyl (C=O) groups excluding carboxylic acids is 1. The summed E-state index contributed by atoms with van der Waals surface area (Å²) >= 11 is 1.67. The summed E-state index contributed by atoms with van der Waals surface area (Å²) in [6, 6.07) is 5.79. The van der Waals surface area contributed by atoms with Gasteiger partial charge in [-0.05, 0) is 32.0 Å². The van der Waals surface area contributed by atoms with E-state index in [4.69, 9.17) is 4.74 Å². The molecule has 1 aliphatic rings. The van der Waals surface area contributed by atoms with Gasteiger partial charge in [-0.1, -0.05) is 0 Å². The number of nitrogens with one attached hydrogen (secondary N) is 1. The molecular weight excluding hydrogens is 286 g/mol. The monoisotopic (exact) mass is 305 g/mol. The van der Waals surface area contributed by atoms with E-state index in [0.29, 0.717) is 26.3 Å². The van der Waals surface area contributed by atoms with Gasteiger partial charge in [0.05, 0.1) is 28.4 Å². The van der Waals surface area contributed by atoms with Gasteiger partial charge < -0.3 is 15.0 Å². The van der Waals surface area contributed by atoms with Crippen LogP contribution in [0.3, 0.4) is 0 Å². The van der Waals surface area contributed by atoms with Crippen LogP contribution in [0.15, 0.2) is 18.2 Å². The lowest BCUT2D eigenvalue weighted by Gasteiger charge is -2.29. The molecule has 0 aliphatic carbocycles. The lowest BCUT2D eigenvalue weighted by molar-refractivity contribution is -0.135. The van der Waals surface area contributed by atoms with Crippen LogP contribution in [0.25, 0.3) is 10.2 Å². The van der Waals surface area contributed by atoms with Crippen molar-refractivity contribution in [2.75, 3.05) is 31.6 Å². The van der Waals surface area contributed by atoms with Crippen molar-refractivity contribution in [3.63, 3.8) is 0 Å². The molecule has 6 heteroatoms. The van der Waals surface area contributed by atoms with Crippen LogP contribution in [0.2, 0.25) is 0 Å². The molecule has 1 N–H and O–H groups in total. The first-order valence-electron chi connectivity index (χ1n) is 7.14. The fourth-order valence-electron chi connectivity index (χ4n) is 2.50. The van der Waals surface area contributed by atoms with Crippen LogP contribution in [0.4, 0.5) is 5.69 Å². The Labute approximate surface area is 127 Å². The van der Waals surface area contributed by atoms with Crippen LogP contribution in [0.5, 0.6) is 0 Å². The van der Waals surface area contributed by atoms with Crippen molar-refractivity contribution < 1.29 is 9.53 Å². The van der Waals surface area contributed by atoms with E-state index in [1.54, 1.807) is 11.3 Å². The molecule has 1 fully saturated rings. The van der Waals surface area contributed by atoms with Crippen LogP contribution in [0.1, 0.15) is 11.9 Å². The van der Waals surface area contributed by atoms with Crippen molar-refractivity contribution in [1.29, 1.82) is 0 Å².